The van der Waals surface area contributed by atoms with E-state index in [1.165, 1.54) is 4.68 Å². The van der Waals surface area contributed by atoms with Crippen molar-refractivity contribution >= 4 is 40.5 Å². The van der Waals surface area contributed by atoms with Gasteiger partial charge in [-0.2, -0.15) is 5.26 Å². The van der Waals surface area contributed by atoms with Gasteiger partial charge in [0, 0.05) is 6.54 Å². The van der Waals surface area contributed by atoms with E-state index in [2.05, 4.69) is 24.3 Å². The fourth-order valence-electron chi connectivity index (χ4n) is 5.12. The second kappa shape index (κ2) is 10.2. The van der Waals surface area contributed by atoms with Crippen molar-refractivity contribution in [3.8, 4) is 6.07 Å². The number of rotatable bonds is 9. The molecule has 0 bridgehead atoms. The summed E-state index contributed by atoms with van der Waals surface area (Å²) >= 11 is 0.348. The number of ether oxygens (including phenoxy) is 1. The van der Waals surface area contributed by atoms with Gasteiger partial charge in [0.1, 0.15) is 0 Å². The zero-order valence-corrected chi connectivity index (χ0v) is 23.3. The molecule has 2 amide bonds. The number of carbonyl (C=O) groups is 2. The van der Waals surface area contributed by atoms with E-state index in [1.807, 2.05) is 0 Å². The molecule has 5 rings (SSSR count). The second-order valence-electron chi connectivity index (χ2n) is 9.98. The van der Waals surface area contributed by atoms with Crippen LogP contribution in [0.25, 0.3) is 0 Å². The first-order valence-electron chi connectivity index (χ1n) is 12.1. The van der Waals surface area contributed by atoms with Crippen LogP contribution in [-0.2, 0) is 49.8 Å². The van der Waals surface area contributed by atoms with Gasteiger partial charge in [0.25, 0.3) is 5.91 Å². The third kappa shape index (κ3) is 4.52. The van der Waals surface area contributed by atoms with Crippen LogP contribution in [0, 0.1) is 11.3 Å². The first kappa shape index (κ1) is 27.1. The van der Waals surface area contributed by atoms with Gasteiger partial charge >= 0.3 is 157 Å². The van der Waals surface area contributed by atoms with E-state index in [0.29, 0.717) is 53.6 Å². The van der Waals surface area contributed by atoms with Crippen molar-refractivity contribution in [1.82, 2.24) is 20.0 Å². The van der Waals surface area contributed by atoms with Crippen LogP contribution >= 0.6 is 7.81 Å². The van der Waals surface area contributed by atoms with Crippen LogP contribution in [0.3, 0.4) is 0 Å². The molecular formula is C24H27N5O6PS2-. The maximum absolute atomic E-state index is 13.7. The average molecular weight is 577 g/mol. The molecule has 0 unspecified atom stereocenters. The van der Waals surface area contributed by atoms with Crippen LogP contribution in [0.15, 0.2) is 24.3 Å². The van der Waals surface area contributed by atoms with E-state index in [-0.39, 0.29) is 44.5 Å². The Morgan fingerprint density at radius 3 is 2.58 bits per heavy atom. The molecule has 1 aromatic carbocycles. The van der Waals surface area contributed by atoms with Crippen molar-refractivity contribution < 1.29 is 26.9 Å². The summed E-state index contributed by atoms with van der Waals surface area (Å²) in [6.07, 6.45) is 1.34. The molecule has 202 valence electrons. The van der Waals surface area contributed by atoms with Gasteiger partial charge in [0.15, 0.2) is 0 Å². The summed E-state index contributed by atoms with van der Waals surface area (Å²) in [5, 5.41) is 16.1. The number of sulfone groups is 1. The van der Waals surface area contributed by atoms with E-state index in [0.717, 1.165) is 5.56 Å². The molecule has 2 aromatic rings. The van der Waals surface area contributed by atoms with Gasteiger partial charge in [-0.25, -0.2) is 0 Å². The summed E-state index contributed by atoms with van der Waals surface area (Å²) in [5.74, 6) is -0.734. The normalized spacial score (nSPS) is 19.2. The zero-order chi connectivity index (χ0) is 27.1. The van der Waals surface area contributed by atoms with Crippen molar-refractivity contribution in [1.29, 1.82) is 5.26 Å². The number of hydrogen-bond acceptors (Lipinski definition) is 9. The van der Waals surface area contributed by atoms with Crippen molar-refractivity contribution in [2.24, 2.45) is 7.05 Å². The Bertz CT molecular complexity index is 1480. The summed E-state index contributed by atoms with van der Waals surface area (Å²) < 4.78 is 37.3. The number of aryl methyl sites for hydroxylation is 1. The standard InChI is InChI=1S/C24H27N5O6PS2/c1-28-20-18(19(27-28)21(30)26-11-17-4-2-16(10-25)3-5-17)6-9-29(22(20)31)12-23(7-8-23)38(32,33)24(13-34-14-24)15-35-37-36/h2-5,37H,6-9,11-15H2,1H3,(H,26,30)/q-1. The molecule has 0 atom stereocenters. The number of thiol groups is 1. The van der Waals surface area contributed by atoms with Crippen molar-refractivity contribution in [2.45, 2.75) is 35.3 Å². The van der Waals surface area contributed by atoms with Gasteiger partial charge in [-0.15, -0.1) is 0 Å². The SMILES string of the molecule is Cn1nc(C(=O)NCc2ccc(C#N)cc2)c2c1C(=O)N(CC1(S(=O)(=O)C3(CO[SH-]#P)COC3)CC1)CC2. The maximum atomic E-state index is 13.7. The van der Waals surface area contributed by atoms with Crippen molar-refractivity contribution in [3.63, 3.8) is 0 Å². The Morgan fingerprint density at radius 1 is 1.29 bits per heavy atom. The Labute approximate surface area is 226 Å². The van der Waals surface area contributed by atoms with Crippen LogP contribution in [0.1, 0.15) is 50.5 Å². The number of nitrogens with zero attached hydrogens (tertiary/aromatic N) is 4. The molecule has 0 spiro atoms. The van der Waals surface area contributed by atoms with E-state index in [9.17, 15) is 18.0 Å². The van der Waals surface area contributed by atoms with Gasteiger partial charge < -0.3 is 5.32 Å². The number of amides is 2. The number of aromatic nitrogens is 2. The monoisotopic (exact) mass is 576 g/mol. The second-order valence-corrected chi connectivity index (χ2v) is 13.6. The Hall–Kier alpha value is -2.49. The van der Waals surface area contributed by atoms with Crippen LogP contribution < -0.4 is 5.32 Å². The summed E-state index contributed by atoms with van der Waals surface area (Å²) in [6.45, 7) is 0.767. The van der Waals surface area contributed by atoms with Gasteiger partial charge in [-0.05, 0) is 17.7 Å². The zero-order valence-electron chi connectivity index (χ0n) is 20.7. The molecule has 1 aliphatic carbocycles. The number of benzene rings is 1. The molecule has 2 aliphatic heterocycles. The number of carbonyl (C=O) groups excluding carboxylic acids is 2. The Balaban J connectivity index is 1.30. The summed E-state index contributed by atoms with van der Waals surface area (Å²) in [4.78, 5) is 28.0. The third-order valence-corrected chi connectivity index (χ3v) is 11.3. The molecule has 3 heterocycles. The molecule has 38 heavy (non-hydrogen) atoms. The minimum atomic E-state index is -3.67. The van der Waals surface area contributed by atoms with Gasteiger partial charge in [0.05, 0.1) is 11.6 Å². The summed E-state index contributed by atoms with van der Waals surface area (Å²) in [6, 6.07) is 8.94. The van der Waals surface area contributed by atoms with E-state index in [4.69, 9.17) is 14.2 Å². The topological polar surface area (TPSA) is 144 Å². The number of hydrogen-bond donors (Lipinski definition) is 1. The molecule has 1 saturated carbocycles. The minimum absolute atomic E-state index is 0.00288. The molecule has 0 radical (unpaired) electrons. The van der Waals surface area contributed by atoms with E-state index < -0.39 is 25.2 Å². The van der Waals surface area contributed by atoms with Gasteiger partial charge in [-0.3, -0.25) is 4.79 Å². The molecule has 14 heteroatoms. The van der Waals surface area contributed by atoms with Gasteiger partial charge in [0.2, 0.25) is 0 Å². The summed E-state index contributed by atoms with van der Waals surface area (Å²) in [7, 11) is 1.94. The first-order valence-corrected chi connectivity index (χ1v) is 15.5. The van der Waals surface area contributed by atoms with Gasteiger partial charge in [-0.1, -0.05) is 12.1 Å². The van der Waals surface area contributed by atoms with E-state index in [1.54, 1.807) is 36.2 Å². The predicted octanol–water partition coefficient (Wildman–Crippen LogP) is 1.01. The molecule has 3 aliphatic rings. The fourth-order valence-corrected chi connectivity index (χ4v) is 8.26. The number of fused-ring (bicyclic) bond motifs is 1. The summed E-state index contributed by atoms with van der Waals surface area (Å²) in [5.41, 5.74) is 2.40. The first-order chi connectivity index (χ1) is 18.2. The molecule has 2 fully saturated rings. The molecule has 1 N–H and O–H groups in total. The van der Waals surface area contributed by atoms with Crippen LogP contribution in [0.5, 0.6) is 0 Å². The Morgan fingerprint density at radius 2 is 2.00 bits per heavy atom. The van der Waals surface area contributed by atoms with Crippen LogP contribution in [-0.4, -0.2) is 77.3 Å². The molecular weight excluding hydrogens is 549 g/mol. The number of nitrogens with one attached hydrogen (secondary N) is 1. The molecule has 1 saturated heterocycles. The fraction of sp³-hybridized carbons (Fsp3) is 0.500. The van der Waals surface area contributed by atoms with Crippen molar-refractivity contribution in [3.05, 3.63) is 52.3 Å². The van der Waals surface area contributed by atoms with Crippen LogP contribution in [0.4, 0.5) is 0 Å². The quantitative estimate of drug-likeness (QED) is 0.265. The van der Waals surface area contributed by atoms with E-state index >= 15 is 0 Å². The van der Waals surface area contributed by atoms with Crippen molar-refractivity contribution in [2.75, 3.05) is 32.9 Å². The third-order valence-electron chi connectivity index (χ3n) is 7.56. The predicted molar refractivity (Wildman–Crippen MR) is 141 cm³/mol. The average Bonchev–Trinajstić information content (AvgIpc) is 3.60. The molecule has 11 nitrogen and oxygen atoms in total. The van der Waals surface area contributed by atoms with Crippen LogP contribution in [0.2, 0.25) is 0 Å². The Kier molecular flexibility index (Phi) is 7.30. The number of nitriles is 1. The molecule has 1 aromatic heterocycles.